The molecule has 1 aromatic rings. The molecule has 0 aliphatic carbocycles. The van der Waals surface area contributed by atoms with Gasteiger partial charge in [0.05, 0.1) is 6.10 Å². The number of carbonyl (C=O) groups excluding carboxylic acids is 4. The van der Waals surface area contributed by atoms with E-state index in [2.05, 4.69) is 0 Å². The van der Waals surface area contributed by atoms with Crippen molar-refractivity contribution in [3.8, 4) is 11.5 Å². The number of ether oxygens (including phenoxy) is 2. The third-order valence-electron chi connectivity index (χ3n) is 5.03. The van der Waals surface area contributed by atoms with Gasteiger partial charge < -0.3 is 14.6 Å². The first-order valence-electron chi connectivity index (χ1n) is 9.94. The Morgan fingerprint density at radius 2 is 1.69 bits per heavy atom. The molecule has 1 aliphatic rings. The third-order valence-corrected chi connectivity index (χ3v) is 5.03. The molecule has 1 heterocycles. The number of Topliss-reactive ketones (excluding diaryl/α,β-unsaturated/α-hetero) is 3. The van der Waals surface area contributed by atoms with Crippen LogP contribution in [0.15, 0.2) is 12.1 Å². The quantitative estimate of drug-likeness (QED) is 0.596. The lowest BCUT2D eigenvalue weighted by molar-refractivity contribution is -0.144. The second-order valence-corrected chi connectivity index (χ2v) is 7.80. The highest BCUT2D eigenvalue weighted by Crippen LogP contribution is 2.31. The third kappa shape index (κ3) is 5.89. The van der Waals surface area contributed by atoms with E-state index in [4.69, 9.17) is 9.47 Å². The molecule has 1 N–H and O–H groups in total. The van der Waals surface area contributed by atoms with Crippen LogP contribution in [0.5, 0.6) is 11.5 Å². The zero-order valence-corrected chi connectivity index (χ0v) is 17.3. The van der Waals surface area contributed by atoms with Gasteiger partial charge in [-0.25, -0.2) is 4.79 Å². The Bertz CT molecular complexity index is 810. The molecule has 0 saturated heterocycles. The average Bonchev–Trinajstić information content (AvgIpc) is 2.63. The molecule has 29 heavy (non-hydrogen) atoms. The first kappa shape index (κ1) is 22.6. The molecule has 2 rings (SSSR count). The predicted molar refractivity (Wildman–Crippen MR) is 105 cm³/mol. The van der Waals surface area contributed by atoms with Crippen LogP contribution in [0.4, 0.5) is 0 Å². The van der Waals surface area contributed by atoms with Gasteiger partial charge in [0.15, 0.2) is 0 Å². The van der Waals surface area contributed by atoms with Crippen molar-refractivity contribution in [1.29, 1.82) is 0 Å². The maximum atomic E-state index is 12.8. The highest BCUT2D eigenvalue weighted by Gasteiger charge is 2.27. The maximum absolute atomic E-state index is 12.8. The van der Waals surface area contributed by atoms with Crippen LogP contribution in [0.2, 0.25) is 0 Å². The molecule has 0 saturated carbocycles. The monoisotopic (exact) mass is 404 g/mol. The molecule has 0 bridgehead atoms. The molecule has 0 amide bonds. The summed E-state index contributed by atoms with van der Waals surface area (Å²) < 4.78 is 11.1. The van der Waals surface area contributed by atoms with Crippen LogP contribution in [-0.4, -0.2) is 40.6 Å². The number of aryl methyl sites for hydroxylation is 1. The van der Waals surface area contributed by atoms with E-state index in [-0.39, 0.29) is 49.0 Å². The summed E-state index contributed by atoms with van der Waals surface area (Å²) in [5.74, 6) is -3.14. The maximum Gasteiger partial charge on any atom is 0.342 e. The fourth-order valence-corrected chi connectivity index (χ4v) is 3.19. The molecule has 7 heteroatoms. The number of ketones is 3. The van der Waals surface area contributed by atoms with Gasteiger partial charge in [0, 0.05) is 18.9 Å². The van der Waals surface area contributed by atoms with E-state index in [1.807, 2.05) is 13.8 Å². The highest BCUT2D eigenvalue weighted by atomic mass is 16.5. The van der Waals surface area contributed by atoms with Crippen molar-refractivity contribution >= 4 is 23.3 Å². The van der Waals surface area contributed by atoms with Crippen molar-refractivity contribution in [2.24, 2.45) is 5.92 Å². The summed E-state index contributed by atoms with van der Waals surface area (Å²) in [5, 5.41) is 10.5. The predicted octanol–water partition coefficient (Wildman–Crippen LogP) is 3.18. The van der Waals surface area contributed by atoms with Crippen molar-refractivity contribution < 1.29 is 33.8 Å². The van der Waals surface area contributed by atoms with Gasteiger partial charge in [-0.05, 0) is 57.6 Å². The summed E-state index contributed by atoms with van der Waals surface area (Å²) in [7, 11) is 0. The molecular formula is C22H28O7. The first-order valence-corrected chi connectivity index (χ1v) is 9.94. The lowest BCUT2D eigenvalue weighted by Gasteiger charge is -2.22. The minimum absolute atomic E-state index is 0.0343. The highest BCUT2D eigenvalue weighted by molar-refractivity contribution is 6.63. The molecule has 0 radical (unpaired) electrons. The summed E-state index contributed by atoms with van der Waals surface area (Å²) in [5.41, 5.74) is 0.501. The Kier molecular flexibility index (Phi) is 7.53. The molecule has 0 spiro atoms. The number of phenols is 1. The standard InChI is InChI=1S/C22H28O7/c1-12(2)28-16-10-15-6-5-7-17(23)21(26)18(24)9-8-13(3)14(4)29-22(27)20(15)19(25)11-16/h10-14,25H,5-9H2,1-4H3/t13-,14+/m1/s1. The van der Waals surface area contributed by atoms with Gasteiger partial charge >= 0.3 is 5.97 Å². The lowest BCUT2D eigenvalue weighted by Crippen LogP contribution is -2.27. The molecule has 0 unspecified atom stereocenters. The molecule has 0 fully saturated rings. The number of aromatic hydroxyl groups is 1. The van der Waals surface area contributed by atoms with Crippen molar-refractivity contribution in [3.63, 3.8) is 0 Å². The number of hydrogen-bond donors (Lipinski definition) is 1. The van der Waals surface area contributed by atoms with Crippen LogP contribution in [-0.2, 0) is 25.5 Å². The molecule has 2 atom stereocenters. The fourth-order valence-electron chi connectivity index (χ4n) is 3.19. The number of rotatable bonds is 2. The molecule has 1 aliphatic heterocycles. The van der Waals surface area contributed by atoms with Crippen LogP contribution < -0.4 is 4.74 Å². The van der Waals surface area contributed by atoms with E-state index < -0.39 is 29.4 Å². The van der Waals surface area contributed by atoms with E-state index in [1.54, 1.807) is 19.9 Å². The Balaban J connectivity index is 2.41. The number of fused-ring (bicyclic) bond motifs is 1. The van der Waals surface area contributed by atoms with Crippen LogP contribution in [0, 0.1) is 5.92 Å². The smallest absolute Gasteiger partial charge is 0.342 e. The second-order valence-electron chi connectivity index (χ2n) is 7.80. The van der Waals surface area contributed by atoms with E-state index in [1.165, 1.54) is 6.07 Å². The largest absolute Gasteiger partial charge is 0.507 e. The molecule has 0 aromatic heterocycles. The van der Waals surface area contributed by atoms with E-state index >= 15 is 0 Å². The first-order chi connectivity index (χ1) is 13.6. The topological polar surface area (TPSA) is 107 Å². The van der Waals surface area contributed by atoms with Gasteiger partial charge in [0.1, 0.15) is 23.2 Å². The van der Waals surface area contributed by atoms with Gasteiger partial charge in [-0.3, -0.25) is 14.4 Å². The van der Waals surface area contributed by atoms with E-state index in [9.17, 15) is 24.3 Å². The Morgan fingerprint density at radius 1 is 1.03 bits per heavy atom. The number of carbonyl (C=O) groups is 4. The summed E-state index contributed by atoms with van der Waals surface area (Å²) in [6.45, 7) is 7.16. The minimum Gasteiger partial charge on any atom is -0.507 e. The number of benzene rings is 1. The van der Waals surface area contributed by atoms with Gasteiger partial charge in [0.2, 0.25) is 11.6 Å². The van der Waals surface area contributed by atoms with Gasteiger partial charge in [0.25, 0.3) is 5.78 Å². The summed E-state index contributed by atoms with van der Waals surface area (Å²) in [6.07, 6.45) is -0.0514. The Labute approximate surface area is 170 Å². The Hall–Kier alpha value is -2.70. The van der Waals surface area contributed by atoms with Crippen molar-refractivity contribution in [1.82, 2.24) is 0 Å². The Morgan fingerprint density at radius 3 is 2.34 bits per heavy atom. The molecule has 158 valence electrons. The molecular weight excluding hydrogens is 376 g/mol. The normalized spacial score (nSPS) is 22.1. The van der Waals surface area contributed by atoms with E-state index in [0.29, 0.717) is 17.7 Å². The zero-order valence-electron chi connectivity index (χ0n) is 17.3. The van der Waals surface area contributed by atoms with Crippen molar-refractivity contribution in [3.05, 3.63) is 23.3 Å². The van der Waals surface area contributed by atoms with Gasteiger partial charge in [-0.2, -0.15) is 0 Å². The fraction of sp³-hybridized carbons (Fsp3) is 0.545. The second kappa shape index (κ2) is 9.67. The molecule has 1 aromatic carbocycles. The van der Waals surface area contributed by atoms with E-state index in [0.717, 1.165) is 0 Å². The number of phenolic OH excluding ortho intramolecular Hbond substituents is 1. The van der Waals surface area contributed by atoms with Crippen LogP contribution in [0.1, 0.15) is 69.3 Å². The minimum atomic E-state index is -0.973. The van der Waals surface area contributed by atoms with Crippen molar-refractivity contribution in [2.75, 3.05) is 0 Å². The van der Waals surface area contributed by atoms with Crippen LogP contribution >= 0.6 is 0 Å². The van der Waals surface area contributed by atoms with Crippen LogP contribution in [0.25, 0.3) is 0 Å². The van der Waals surface area contributed by atoms with Gasteiger partial charge in [-0.1, -0.05) is 6.92 Å². The summed E-state index contributed by atoms with van der Waals surface area (Å²) in [6, 6.07) is 3.00. The van der Waals surface area contributed by atoms with Crippen LogP contribution in [0.3, 0.4) is 0 Å². The number of cyclic esters (lactones) is 1. The summed E-state index contributed by atoms with van der Waals surface area (Å²) >= 11 is 0. The number of hydrogen-bond acceptors (Lipinski definition) is 7. The van der Waals surface area contributed by atoms with Gasteiger partial charge in [-0.15, -0.1) is 0 Å². The van der Waals surface area contributed by atoms with Crippen molar-refractivity contribution in [2.45, 2.75) is 72.0 Å². The zero-order chi connectivity index (χ0) is 21.7. The molecule has 7 nitrogen and oxygen atoms in total. The summed E-state index contributed by atoms with van der Waals surface area (Å²) in [4.78, 5) is 48.8. The lowest BCUT2D eigenvalue weighted by atomic mass is 9.94. The average molecular weight is 404 g/mol. The number of esters is 1. The SMILES string of the molecule is CC(C)Oc1cc(O)c2c(c1)CCCC(=O)C(=O)C(=O)CC[C@@H](C)[C@H](C)OC2=O.